The molecule has 0 aliphatic carbocycles. The van der Waals surface area contributed by atoms with E-state index in [1.54, 1.807) is 19.2 Å². The molecule has 0 bridgehead atoms. The van der Waals surface area contributed by atoms with E-state index in [0.29, 0.717) is 11.5 Å². The van der Waals surface area contributed by atoms with Crippen LogP contribution in [0.3, 0.4) is 0 Å². The molecule has 0 saturated carbocycles. The maximum Gasteiger partial charge on any atom is 0.306 e. The normalized spacial score (nSPS) is 9.94. The van der Waals surface area contributed by atoms with Gasteiger partial charge in [0, 0.05) is 0 Å². The first-order valence-corrected chi connectivity index (χ1v) is 6.01. The predicted octanol–water partition coefficient (Wildman–Crippen LogP) is 3.07. The molecule has 1 aromatic rings. The Kier molecular flexibility index (Phi) is 5.08. The SMILES string of the molecule is COc1cc(Br)c(OCCC(=O)O)cc1Br. The Morgan fingerprint density at radius 3 is 2.44 bits per heavy atom. The minimum absolute atomic E-state index is 0.0317. The molecule has 0 fully saturated rings. The molecule has 1 rings (SSSR count). The number of hydrogen-bond donors (Lipinski definition) is 1. The third-order valence-electron chi connectivity index (χ3n) is 1.78. The van der Waals surface area contributed by atoms with Crippen LogP contribution in [0.15, 0.2) is 21.1 Å². The van der Waals surface area contributed by atoms with Gasteiger partial charge in [-0.1, -0.05) is 0 Å². The van der Waals surface area contributed by atoms with E-state index in [1.165, 1.54) is 0 Å². The largest absolute Gasteiger partial charge is 0.496 e. The van der Waals surface area contributed by atoms with Gasteiger partial charge < -0.3 is 14.6 Å². The molecule has 0 unspecified atom stereocenters. The van der Waals surface area contributed by atoms with Crippen molar-refractivity contribution >= 4 is 37.8 Å². The number of rotatable bonds is 5. The number of halogens is 2. The first kappa shape index (κ1) is 13.3. The third-order valence-corrected chi connectivity index (χ3v) is 3.02. The van der Waals surface area contributed by atoms with Gasteiger partial charge in [0.05, 0.1) is 29.1 Å². The zero-order valence-electron chi connectivity index (χ0n) is 8.50. The summed E-state index contributed by atoms with van der Waals surface area (Å²) in [7, 11) is 1.57. The lowest BCUT2D eigenvalue weighted by Crippen LogP contribution is -2.05. The average molecular weight is 354 g/mol. The third kappa shape index (κ3) is 3.68. The molecule has 0 atom stereocenters. The summed E-state index contributed by atoms with van der Waals surface area (Å²) in [5.41, 5.74) is 0. The lowest BCUT2D eigenvalue weighted by molar-refractivity contribution is -0.137. The molecular weight excluding hydrogens is 344 g/mol. The van der Waals surface area contributed by atoms with Crippen molar-refractivity contribution < 1.29 is 19.4 Å². The lowest BCUT2D eigenvalue weighted by Gasteiger charge is -2.10. The highest BCUT2D eigenvalue weighted by molar-refractivity contribution is 9.11. The fourth-order valence-corrected chi connectivity index (χ4v) is 1.95. The van der Waals surface area contributed by atoms with E-state index in [0.717, 1.165) is 8.95 Å². The standard InChI is InChI=1S/C10H10Br2O4/c1-15-8-4-7(12)9(5-6(8)11)16-3-2-10(13)14/h4-5H,2-3H2,1H3,(H,13,14). The van der Waals surface area contributed by atoms with Crippen LogP contribution >= 0.6 is 31.9 Å². The van der Waals surface area contributed by atoms with Crippen LogP contribution in [0, 0.1) is 0 Å². The van der Waals surface area contributed by atoms with Crippen LogP contribution in [0.2, 0.25) is 0 Å². The zero-order chi connectivity index (χ0) is 12.1. The van der Waals surface area contributed by atoms with Crippen molar-refractivity contribution in [1.82, 2.24) is 0 Å². The molecule has 0 spiro atoms. The van der Waals surface area contributed by atoms with E-state index in [-0.39, 0.29) is 13.0 Å². The van der Waals surface area contributed by atoms with Crippen LogP contribution in [-0.4, -0.2) is 24.8 Å². The molecule has 16 heavy (non-hydrogen) atoms. The molecule has 0 amide bonds. The second-order valence-electron chi connectivity index (χ2n) is 2.91. The molecule has 6 heteroatoms. The molecule has 0 aliphatic heterocycles. The number of methoxy groups -OCH3 is 1. The van der Waals surface area contributed by atoms with Crippen molar-refractivity contribution in [3.05, 3.63) is 21.1 Å². The Morgan fingerprint density at radius 2 is 1.88 bits per heavy atom. The summed E-state index contributed by atoms with van der Waals surface area (Å²) in [5.74, 6) is 0.370. The van der Waals surface area contributed by atoms with Crippen molar-refractivity contribution in [3.63, 3.8) is 0 Å². The Bertz CT molecular complexity index is 393. The summed E-state index contributed by atoms with van der Waals surface area (Å²) in [6.45, 7) is 0.132. The fourth-order valence-electron chi connectivity index (χ4n) is 1.03. The molecule has 0 heterocycles. The van der Waals surface area contributed by atoms with Gasteiger partial charge in [-0.25, -0.2) is 0 Å². The van der Waals surface area contributed by atoms with Crippen LogP contribution in [-0.2, 0) is 4.79 Å². The van der Waals surface area contributed by atoms with Gasteiger partial charge in [0.2, 0.25) is 0 Å². The van der Waals surface area contributed by atoms with Crippen LogP contribution in [0.4, 0.5) is 0 Å². The second-order valence-corrected chi connectivity index (χ2v) is 4.62. The van der Waals surface area contributed by atoms with Gasteiger partial charge in [-0.15, -0.1) is 0 Å². The summed E-state index contributed by atoms with van der Waals surface area (Å²) < 4.78 is 11.9. The predicted molar refractivity (Wildman–Crippen MR) is 66.1 cm³/mol. The minimum Gasteiger partial charge on any atom is -0.496 e. The van der Waals surface area contributed by atoms with Gasteiger partial charge in [0.15, 0.2) is 0 Å². The first-order valence-electron chi connectivity index (χ1n) is 4.42. The number of hydrogen-bond acceptors (Lipinski definition) is 3. The first-order chi connectivity index (χ1) is 7.54. The Morgan fingerprint density at radius 1 is 1.31 bits per heavy atom. The highest BCUT2D eigenvalue weighted by Gasteiger charge is 2.08. The molecule has 1 N–H and O–H groups in total. The van der Waals surface area contributed by atoms with Gasteiger partial charge >= 0.3 is 5.97 Å². The minimum atomic E-state index is -0.885. The van der Waals surface area contributed by atoms with E-state index in [9.17, 15) is 4.79 Å². The number of ether oxygens (including phenoxy) is 2. The monoisotopic (exact) mass is 352 g/mol. The number of aliphatic carboxylic acids is 1. The zero-order valence-corrected chi connectivity index (χ0v) is 11.7. The molecule has 0 aliphatic rings. The van der Waals surface area contributed by atoms with Gasteiger partial charge in [-0.2, -0.15) is 0 Å². The lowest BCUT2D eigenvalue weighted by atomic mass is 10.3. The van der Waals surface area contributed by atoms with Crippen LogP contribution in [0.1, 0.15) is 6.42 Å². The summed E-state index contributed by atoms with van der Waals surface area (Å²) in [5, 5.41) is 8.48. The van der Waals surface area contributed by atoms with Crippen molar-refractivity contribution in [2.24, 2.45) is 0 Å². The number of carboxylic acid groups (broad SMARTS) is 1. The molecule has 88 valence electrons. The molecular formula is C10H10Br2O4. The summed E-state index contributed by atoms with van der Waals surface area (Å²) >= 11 is 6.64. The summed E-state index contributed by atoms with van der Waals surface area (Å²) in [4.78, 5) is 10.3. The van der Waals surface area contributed by atoms with E-state index in [2.05, 4.69) is 31.9 Å². The number of carbonyl (C=O) groups is 1. The van der Waals surface area contributed by atoms with E-state index in [1.807, 2.05) is 0 Å². The molecule has 4 nitrogen and oxygen atoms in total. The highest BCUT2D eigenvalue weighted by atomic mass is 79.9. The van der Waals surface area contributed by atoms with Crippen LogP contribution < -0.4 is 9.47 Å². The van der Waals surface area contributed by atoms with Gasteiger partial charge in [0.25, 0.3) is 0 Å². The fraction of sp³-hybridized carbons (Fsp3) is 0.300. The Labute approximate surface area is 110 Å². The summed E-state index contributed by atoms with van der Waals surface area (Å²) in [6.07, 6.45) is -0.0317. The van der Waals surface area contributed by atoms with E-state index < -0.39 is 5.97 Å². The van der Waals surface area contributed by atoms with Gasteiger partial charge in [0.1, 0.15) is 11.5 Å². The second kappa shape index (κ2) is 6.10. The maximum atomic E-state index is 10.3. The van der Waals surface area contributed by atoms with Gasteiger partial charge in [-0.05, 0) is 44.0 Å². The number of carboxylic acids is 1. The molecule has 0 aromatic heterocycles. The molecule has 1 aromatic carbocycles. The van der Waals surface area contributed by atoms with Crippen molar-refractivity contribution in [2.45, 2.75) is 6.42 Å². The average Bonchev–Trinajstić information content (AvgIpc) is 2.22. The Hall–Kier alpha value is -0.750. The van der Waals surface area contributed by atoms with Gasteiger partial charge in [-0.3, -0.25) is 4.79 Å². The van der Waals surface area contributed by atoms with Crippen LogP contribution in [0.25, 0.3) is 0 Å². The Balaban J connectivity index is 2.73. The summed E-state index contributed by atoms with van der Waals surface area (Å²) in [6, 6.07) is 3.48. The van der Waals surface area contributed by atoms with Crippen molar-refractivity contribution in [1.29, 1.82) is 0 Å². The quantitative estimate of drug-likeness (QED) is 0.883. The topological polar surface area (TPSA) is 55.8 Å². The highest BCUT2D eigenvalue weighted by Crippen LogP contribution is 2.35. The van der Waals surface area contributed by atoms with E-state index >= 15 is 0 Å². The van der Waals surface area contributed by atoms with Crippen LogP contribution in [0.5, 0.6) is 11.5 Å². The van der Waals surface area contributed by atoms with Crippen molar-refractivity contribution in [3.8, 4) is 11.5 Å². The number of benzene rings is 1. The smallest absolute Gasteiger partial charge is 0.306 e. The molecule has 0 saturated heterocycles. The van der Waals surface area contributed by atoms with E-state index in [4.69, 9.17) is 14.6 Å². The van der Waals surface area contributed by atoms with Crippen molar-refractivity contribution in [2.75, 3.05) is 13.7 Å². The molecule has 0 radical (unpaired) electrons. The maximum absolute atomic E-state index is 10.3.